The number of piperazine rings is 1. The van der Waals surface area contributed by atoms with Crippen LogP contribution >= 0.6 is 0 Å². The van der Waals surface area contributed by atoms with Gasteiger partial charge in [0.1, 0.15) is 0 Å². The quantitative estimate of drug-likeness (QED) is 0.700. The Labute approximate surface area is 98.1 Å². The van der Waals surface area contributed by atoms with Crippen LogP contribution in [0, 0.1) is 5.92 Å². The standard InChI is InChI=1S/C12H23N3O/c1-4-5-14-6-8-15(9-7-14)12(16)11(13)10(2)3/h4,10-11H,1,5-9,13H2,2-3H3/t11-/m1/s1. The second kappa shape index (κ2) is 6.01. The van der Waals surface area contributed by atoms with E-state index >= 15 is 0 Å². The molecular formula is C12H23N3O. The molecule has 0 radical (unpaired) electrons. The number of hydrogen-bond acceptors (Lipinski definition) is 3. The van der Waals surface area contributed by atoms with E-state index in [1.54, 1.807) is 0 Å². The molecule has 92 valence electrons. The molecule has 16 heavy (non-hydrogen) atoms. The average Bonchev–Trinajstić information content (AvgIpc) is 2.28. The van der Waals surface area contributed by atoms with Crippen molar-refractivity contribution in [1.29, 1.82) is 0 Å². The fourth-order valence-corrected chi connectivity index (χ4v) is 1.83. The monoisotopic (exact) mass is 225 g/mol. The average molecular weight is 225 g/mol. The van der Waals surface area contributed by atoms with E-state index in [4.69, 9.17) is 5.73 Å². The van der Waals surface area contributed by atoms with Crippen molar-refractivity contribution in [1.82, 2.24) is 9.80 Å². The Morgan fingerprint density at radius 3 is 2.38 bits per heavy atom. The van der Waals surface area contributed by atoms with Crippen LogP contribution in [0.4, 0.5) is 0 Å². The summed E-state index contributed by atoms with van der Waals surface area (Å²) < 4.78 is 0. The lowest BCUT2D eigenvalue weighted by atomic mass is 10.0. The Bertz CT molecular complexity index is 245. The zero-order valence-corrected chi connectivity index (χ0v) is 10.4. The van der Waals surface area contributed by atoms with Crippen LogP contribution in [0.15, 0.2) is 12.7 Å². The normalized spacial score (nSPS) is 19.9. The first-order chi connectivity index (χ1) is 7.56. The molecule has 0 spiro atoms. The van der Waals surface area contributed by atoms with E-state index in [-0.39, 0.29) is 17.9 Å². The minimum absolute atomic E-state index is 0.0910. The number of amides is 1. The van der Waals surface area contributed by atoms with Gasteiger partial charge in [-0.05, 0) is 5.92 Å². The maximum absolute atomic E-state index is 12.0. The summed E-state index contributed by atoms with van der Waals surface area (Å²) in [6.45, 7) is 12.0. The van der Waals surface area contributed by atoms with Crippen molar-refractivity contribution in [2.24, 2.45) is 11.7 Å². The molecule has 1 saturated heterocycles. The Hall–Kier alpha value is -0.870. The van der Waals surface area contributed by atoms with Crippen molar-refractivity contribution < 1.29 is 4.79 Å². The van der Waals surface area contributed by atoms with Gasteiger partial charge < -0.3 is 10.6 Å². The molecule has 0 aliphatic carbocycles. The molecular weight excluding hydrogens is 202 g/mol. The van der Waals surface area contributed by atoms with Crippen LogP contribution in [0.25, 0.3) is 0 Å². The maximum atomic E-state index is 12.0. The van der Waals surface area contributed by atoms with Crippen LogP contribution in [-0.4, -0.2) is 54.5 Å². The molecule has 1 fully saturated rings. The predicted octanol–water partition coefficient (Wildman–Crippen LogP) is 0.300. The summed E-state index contributed by atoms with van der Waals surface area (Å²) in [6, 6.07) is -0.356. The molecule has 0 bridgehead atoms. The van der Waals surface area contributed by atoms with Gasteiger partial charge in [0.25, 0.3) is 0 Å². The van der Waals surface area contributed by atoms with E-state index in [1.165, 1.54) is 0 Å². The summed E-state index contributed by atoms with van der Waals surface area (Å²) in [5.74, 6) is 0.298. The molecule has 0 unspecified atom stereocenters. The first-order valence-corrected chi connectivity index (χ1v) is 5.94. The lowest BCUT2D eigenvalue weighted by Gasteiger charge is -2.35. The molecule has 0 aromatic rings. The molecule has 0 aromatic heterocycles. The molecule has 1 atom stereocenters. The van der Waals surface area contributed by atoms with Crippen LogP contribution in [0.1, 0.15) is 13.8 Å². The molecule has 0 saturated carbocycles. The summed E-state index contributed by atoms with van der Waals surface area (Å²) in [6.07, 6.45) is 1.90. The van der Waals surface area contributed by atoms with Crippen LogP contribution in [-0.2, 0) is 4.79 Å². The van der Waals surface area contributed by atoms with Crippen LogP contribution in [0.5, 0.6) is 0 Å². The Kier molecular flexibility index (Phi) is 4.96. The highest BCUT2D eigenvalue weighted by atomic mass is 16.2. The van der Waals surface area contributed by atoms with Gasteiger partial charge in [-0.1, -0.05) is 19.9 Å². The second-order valence-corrected chi connectivity index (χ2v) is 4.68. The molecule has 4 heteroatoms. The molecule has 1 aliphatic rings. The van der Waals surface area contributed by atoms with Gasteiger partial charge in [-0.2, -0.15) is 0 Å². The largest absolute Gasteiger partial charge is 0.339 e. The van der Waals surface area contributed by atoms with Crippen molar-refractivity contribution in [3.8, 4) is 0 Å². The number of rotatable bonds is 4. The molecule has 2 N–H and O–H groups in total. The van der Waals surface area contributed by atoms with E-state index in [0.717, 1.165) is 32.7 Å². The van der Waals surface area contributed by atoms with Gasteiger partial charge in [-0.3, -0.25) is 9.69 Å². The predicted molar refractivity (Wildman–Crippen MR) is 66.0 cm³/mol. The summed E-state index contributed by atoms with van der Waals surface area (Å²) in [7, 11) is 0. The van der Waals surface area contributed by atoms with Gasteiger partial charge in [0.15, 0.2) is 0 Å². The van der Waals surface area contributed by atoms with Crippen LogP contribution in [0.2, 0.25) is 0 Å². The lowest BCUT2D eigenvalue weighted by molar-refractivity contribution is -0.135. The highest BCUT2D eigenvalue weighted by molar-refractivity contribution is 5.82. The highest BCUT2D eigenvalue weighted by Gasteiger charge is 2.26. The van der Waals surface area contributed by atoms with E-state index in [2.05, 4.69) is 11.5 Å². The third-order valence-electron chi connectivity index (χ3n) is 3.07. The van der Waals surface area contributed by atoms with E-state index < -0.39 is 0 Å². The van der Waals surface area contributed by atoms with E-state index in [1.807, 2.05) is 24.8 Å². The zero-order valence-electron chi connectivity index (χ0n) is 10.4. The third kappa shape index (κ3) is 3.32. The van der Waals surface area contributed by atoms with Gasteiger partial charge in [0, 0.05) is 32.7 Å². The van der Waals surface area contributed by atoms with Crippen molar-refractivity contribution in [3.05, 3.63) is 12.7 Å². The Morgan fingerprint density at radius 1 is 1.38 bits per heavy atom. The number of nitrogens with zero attached hydrogens (tertiary/aromatic N) is 2. The number of hydrogen-bond donors (Lipinski definition) is 1. The fraction of sp³-hybridized carbons (Fsp3) is 0.750. The lowest BCUT2D eigenvalue weighted by Crippen LogP contribution is -2.54. The van der Waals surface area contributed by atoms with Gasteiger partial charge in [-0.25, -0.2) is 0 Å². The van der Waals surface area contributed by atoms with Crippen molar-refractivity contribution >= 4 is 5.91 Å². The molecule has 1 aliphatic heterocycles. The number of carbonyl (C=O) groups excluding carboxylic acids is 1. The molecule has 1 heterocycles. The molecule has 4 nitrogen and oxygen atoms in total. The van der Waals surface area contributed by atoms with Crippen LogP contribution in [0.3, 0.4) is 0 Å². The Balaban J connectivity index is 2.41. The second-order valence-electron chi connectivity index (χ2n) is 4.68. The van der Waals surface area contributed by atoms with Crippen molar-refractivity contribution in [2.45, 2.75) is 19.9 Å². The SMILES string of the molecule is C=CCN1CCN(C(=O)[C@H](N)C(C)C)CC1. The summed E-state index contributed by atoms with van der Waals surface area (Å²) >= 11 is 0. The summed E-state index contributed by atoms with van der Waals surface area (Å²) in [4.78, 5) is 16.1. The van der Waals surface area contributed by atoms with Gasteiger partial charge in [0.05, 0.1) is 6.04 Å². The van der Waals surface area contributed by atoms with E-state index in [0.29, 0.717) is 0 Å². The number of nitrogens with two attached hydrogens (primary N) is 1. The third-order valence-corrected chi connectivity index (χ3v) is 3.07. The van der Waals surface area contributed by atoms with E-state index in [9.17, 15) is 4.79 Å². The smallest absolute Gasteiger partial charge is 0.239 e. The van der Waals surface area contributed by atoms with Crippen molar-refractivity contribution in [3.63, 3.8) is 0 Å². The number of carbonyl (C=O) groups is 1. The Morgan fingerprint density at radius 2 is 1.94 bits per heavy atom. The maximum Gasteiger partial charge on any atom is 0.239 e. The summed E-state index contributed by atoms with van der Waals surface area (Å²) in [5.41, 5.74) is 5.86. The highest BCUT2D eigenvalue weighted by Crippen LogP contribution is 2.07. The first kappa shape index (κ1) is 13.2. The van der Waals surface area contributed by atoms with Gasteiger partial charge in [-0.15, -0.1) is 6.58 Å². The van der Waals surface area contributed by atoms with Gasteiger partial charge >= 0.3 is 0 Å². The molecule has 1 rings (SSSR count). The zero-order chi connectivity index (χ0) is 12.1. The van der Waals surface area contributed by atoms with Crippen LogP contribution < -0.4 is 5.73 Å². The summed E-state index contributed by atoms with van der Waals surface area (Å²) in [5, 5.41) is 0. The fourth-order valence-electron chi connectivity index (χ4n) is 1.83. The molecule has 0 aromatic carbocycles. The van der Waals surface area contributed by atoms with Crippen molar-refractivity contribution in [2.75, 3.05) is 32.7 Å². The minimum atomic E-state index is -0.356. The first-order valence-electron chi connectivity index (χ1n) is 5.94. The molecule has 1 amide bonds. The van der Waals surface area contributed by atoms with Gasteiger partial charge in [0.2, 0.25) is 5.91 Å². The topological polar surface area (TPSA) is 49.6 Å². The minimum Gasteiger partial charge on any atom is -0.339 e.